The van der Waals surface area contributed by atoms with Crippen LogP contribution >= 0.6 is 0 Å². The van der Waals surface area contributed by atoms with Crippen molar-refractivity contribution in [2.75, 3.05) is 6.61 Å². The summed E-state index contributed by atoms with van der Waals surface area (Å²) in [7, 11) is 0. The van der Waals surface area contributed by atoms with E-state index in [1.54, 1.807) is 18.2 Å². The lowest BCUT2D eigenvalue weighted by molar-refractivity contribution is -0.384. The minimum absolute atomic E-state index is 0.00582. The molecule has 0 aliphatic rings. The van der Waals surface area contributed by atoms with Crippen molar-refractivity contribution in [3.63, 3.8) is 0 Å². The Kier molecular flexibility index (Phi) is 6.07. The third-order valence-electron chi connectivity index (χ3n) is 4.91. The summed E-state index contributed by atoms with van der Waals surface area (Å²) in [6.45, 7) is 2.51. The number of nitrogens with zero attached hydrogens (tertiary/aromatic N) is 2. The molecule has 32 heavy (non-hydrogen) atoms. The number of nitro benzene ring substituents is 1. The number of hydrogen-bond acceptors (Lipinski definition) is 6. The highest BCUT2D eigenvalue weighted by atomic mass is 16.6. The molecule has 0 saturated carbocycles. The van der Waals surface area contributed by atoms with Gasteiger partial charge in [-0.3, -0.25) is 10.1 Å². The van der Waals surface area contributed by atoms with Crippen LogP contribution in [-0.2, 0) is 11.3 Å². The van der Waals surface area contributed by atoms with Crippen LogP contribution in [0.3, 0.4) is 0 Å². The van der Waals surface area contributed by atoms with Crippen molar-refractivity contribution >= 4 is 22.6 Å². The van der Waals surface area contributed by atoms with Gasteiger partial charge in [0.15, 0.2) is 0 Å². The average molecular weight is 428 g/mol. The molecule has 1 aromatic heterocycles. The molecular formula is C25H20N2O5. The van der Waals surface area contributed by atoms with Crippen molar-refractivity contribution in [2.24, 2.45) is 0 Å². The Labute approximate surface area is 184 Å². The van der Waals surface area contributed by atoms with Crippen LogP contribution < -0.4 is 4.74 Å². The monoisotopic (exact) mass is 428 g/mol. The quantitative estimate of drug-likeness (QED) is 0.217. The highest BCUT2D eigenvalue weighted by Gasteiger charge is 2.16. The number of aromatic nitrogens is 1. The number of carbonyl (C=O) groups is 1. The third-order valence-corrected chi connectivity index (χ3v) is 4.91. The Morgan fingerprint density at radius 3 is 2.41 bits per heavy atom. The second kappa shape index (κ2) is 9.26. The Hall–Kier alpha value is -4.26. The van der Waals surface area contributed by atoms with Gasteiger partial charge in [-0.15, -0.1) is 0 Å². The molecule has 4 rings (SSSR count). The summed E-state index contributed by atoms with van der Waals surface area (Å²) in [4.78, 5) is 28.0. The third kappa shape index (κ3) is 4.57. The number of nitro groups is 1. The van der Waals surface area contributed by atoms with Crippen LogP contribution in [0.1, 0.15) is 22.8 Å². The summed E-state index contributed by atoms with van der Waals surface area (Å²) >= 11 is 0. The average Bonchev–Trinajstić information content (AvgIpc) is 2.82. The van der Waals surface area contributed by atoms with Gasteiger partial charge in [-0.05, 0) is 61.0 Å². The van der Waals surface area contributed by atoms with E-state index in [0.717, 1.165) is 11.3 Å². The number of pyridine rings is 1. The molecule has 0 unspecified atom stereocenters. The highest BCUT2D eigenvalue weighted by molar-refractivity contribution is 6.04. The van der Waals surface area contributed by atoms with E-state index >= 15 is 0 Å². The lowest BCUT2D eigenvalue weighted by Crippen LogP contribution is -2.07. The van der Waals surface area contributed by atoms with E-state index in [2.05, 4.69) is 0 Å². The smallest absolute Gasteiger partial charge is 0.339 e. The summed E-state index contributed by atoms with van der Waals surface area (Å²) in [5, 5.41) is 11.5. The zero-order chi connectivity index (χ0) is 22.5. The zero-order valence-corrected chi connectivity index (χ0v) is 17.4. The topological polar surface area (TPSA) is 91.6 Å². The van der Waals surface area contributed by atoms with Crippen molar-refractivity contribution in [1.82, 2.24) is 4.98 Å². The van der Waals surface area contributed by atoms with Gasteiger partial charge >= 0.3 is 5.97 Å². The standard InChI is InChI=1S/C25H20N2O5/c1-2-31-20-13-9-18(10-14-20)24-15-22(21-5-3-4-6-23(21)26-24)25(28)32-16-17-7-11-19(12-8-17)27(29)30/h3-15H,2,16H2,1H3. The van der Waals surface area contributed by atoms with Crippen molar-refractivity contribution in [2.45, 2.75) is 13.5 Å². The first-order valence-electron chi connectivity index (χ1n) is 10.1. The van der Waals surface area contributed by atoms with Crippen LogP contribution in [0.2, 0.25) is 0 Å². The van der Waals surface area contributed by atoms with Crippen LogP contribution in [0.25, 0.3) is 22.2 Å². The number of fused-ring (bicyclic) bond motifs is 1. The van der Waals surface area contributed by atoms with Gasteiger partial charge in [0.1, 0.15) is 12.4 Å². The molecule has 160 valence electrons. The largest absolute Gasteiger partial charge is 0.494 e. The van der Waals surface area contributed by atoms with Crippen LogP contribution in [0, 0.1) is 10.1 Å². The number of hydrogen-bond donors (Lipinski definition) is 0. The number of benzene rings is 3. The Balaban J connectivity index is 1.61. The molecule has 0 atom stereocenters. The van der Waals surface area contributed by atoms with Crippen molar-refractivity contribution in [1.29, 1.82) is 0 Å². The van der Waals surface area contributed by atoms with E-state index in [1.165, 1.54) is 12.1 Å². The van der Waals surface area contributed by atoms with Gasteiger partial charge in [-0.1, -0.05) is 18.2 Å². The number of rotatable bonds is 7. The second-order valence-corrected chi connectivity index (χ2v) is 7.03. The minimum Gasteiger partial charge on any atom is -0.494 e. The SMILES string of the molecule is CCOc1ccc(-c2cc(C(=O)OCc3ccc([N+](=O)[O-])cc3)c3ccccc3n2)cc1. The predicted molar refractivity (Wildman–Crippen MR) is 121 cm³/mol. The maximum Gasteiger partial charge on any atom is 0.339 e. The molecule has 4 aromatic rings. The molecule has 0 saturated heterocycles. The predicted octanol–water partition coefficient (Wildman–Crippen LogP) is 5.57. The summed E-state index contributed by atoms with van der Waals surface area (Å²) in [5.74, 6) is 0.272. The lowest BCUT2D eigenvalue weighted by Gasteiger charge is -2.11. The Morgan fingerprint density at radius 1 is 1.00 bits per heavy atom. The van der Waals surface area contributed by atoms with Crippen LogP contribution in [0.4, 0.5) is 5.69 Å². The van der Waals surface area contributed by atoms with Crippen LogP contribution in [0.15, 0.2) is 78.9 Å². The molecule has 1 heterocycles. The van der Waals surface area contributed by atoms with E-state index in [1.807, 2.05) is 55.5 Å². The molecule has 7 nitrogen and oxygen atoms in total. The van der Waals surface area contributed by atoms with Crippen LogP contribution in [-0.4, -0.2) is 22.5 Å². The first-order valence-corrected chi connectivity index (χ1v) is 10.1. The van der Waals surface area contributed by atoms with Gasteiger partial charge in [-0.2, -0.15) is 0 Å². The maximum atomic E-state index is 13.0. The maximum absolute atomic E-state index is 13.0. The van der Waals surface area contributed by atoms with Crippen LogP contribution in [0.5, 0.6) is 5.75 Å². The van der Waals surface area contributed by atoms with E-state index in [-0.39, 0.29) is 12.3 Å². The van der Waals surface area contributed by atoms with Gasteiger partial charge in [0.2, 0.25) is 0 Å². The van der Waals surface area contributed by atoms with E-state index in [0.29, 0.717) is 34.3 Å². The number of non-ortho nitro benzene ring substituents is 1. The van der Waals surface area contributed by atoms with Gasteiger partial charge in [-0.25, -0.2) is 9.78 Å². The fourth-order valence-electron chi connectivity index (χ4n) is 3.32. The van der Waals surface area contributed by atoms with Gasteiger partial charge in [0, 0.05) is 23.1 Å². The van der Waals surface area contributed by atoms with Gasteiger partial charge in [0.05, 0.1) is 28.3 Å². The Morgan fingerprint density at radius 2 is 1.72 bits per heavy atom. The number of ether oxygens (including phenoxy) is 2. The first kappa shape index (κ1) is 21.0. The lowest BCUT2D eigenvalue weighted by atomic mass is 10.0. The molecule has 0 aliphatic carbocycles. The molecule has 0 spiro atoms. The second-order valence-electron chi connectivity index (χ2n) is 7.03. The molecule has 0 radical (unpaired) electrons. The zero-order valence-electron chi connectivity index (χ0n) is 17.4. The van der Waals surface area contributed by atoms with E-state index in [9.17, 15) is 14.9 Å². The molecule has 0 N–H and O–H groups in total. The molecule has 0 bridgehead atoms. The molecule has 3 aromatic carbocycles. The first-order chi connectivity index (χ1) is 15.5. The molecule has 7 heteroatoms. The van der Waals surface area contributed by atoms with E-state index < -0.39 is 10.9 Å². The molecule has 0 aliphatic heterocycles. The van der Waals surface area contributed by atoms with Gasteiger partial charge < -0.3 is 9.47 Å². The minimum atomic E-state index is -0.492. The van der Waals surface area contributed by atoms with Crippen molar-refractivity contribution in [3.05, 3.63) is 100 Å². The molecule has 0 amide bonds. The summed E-state index contributed by atoms with van der Waals surface area (Å²) in [5.41, 5.74) is 3.23. The Bertz CT molecular complexity index is 1270. The molecule has 0 fully saturated rings. The number of carbonyl (C=O) groups excluding carboxylic acids is 1. The summed E-state index contributed by atoms with van der Waals surface area (Å²) in [6, 6.07) is 22.5. The van der Waals surface area contributed by atoms with Crippen molar-refractivity contribution < 1.29 is 19.2 Å². The van der Waals surface area contributed by atoms with Gasteiger partial charge in [0.25, 0.3) is 5.69 Å². The molecular weight excluding hydrogens is 408 g/mol. The number of esters is 1. The summed E-state index contributed by atoms with van der Waals surface area (Å²) in [6.07, 6.45) is 0. The fourth-order valence-corrected chi connectivity index (χ4v) is 3.32. The normalized spacial score (nSPS) is 10.7. The van der Waals surface area contributed by atoms with Crippen molar-refractivity contribution in [3.8, 4) is 17.0 Å². The fraction of sp³-hybridized carbons (Fsp3) is 0.120. The highest BCUT2D eigenvalue weighted by Crippen LogP contribution is 2.27. The summed E-state index contributed by atoms with van der Waals surface area (Å²) < 4.78 is 11.0. The van der Waals surface area contributed by atoms with E-state index in [4.69, 9.17) is 14.5 Å². The number of para-hydroxylation sites is 1.